The number of alkyl halides is 1. The van der Waals surface area contributed by atoms with Gasteiger partial charge in [0.25, 0.3) is 0 Å². The Hall–Kier alpha value is -3.47. The van der Waals surface area contributed by atoms with Gasteiger partial charge >= 0.3 is 17.6 Å². The summed E-state index contributed by atoms with van der Waals surface area (Å²) in [6.07, 6.45) is -1.36. The van der Waals surface area contributed by atoms with Crippen molar-refractivity contribution in [3.63, 3.8) is 0 Å². The summed E-state index contributed by atoms with van der Waals surface area (Å²) in [5, 5.41) is 0. The molecule has 0 radical (unpaired) electrons. The first-order valence-corrected chi connectivity index (χ1v) is 10.5. The summed E-state index contributed by atoms with van der Waals surface area (Å²) >= 11 is 0. The van der Waals surface area contributed by atoms with Crippen molar-refractivity contribution in [2.45, 2.75) is 44.6 Å². The molecule has 3 aromatic rings. The molecule has 32 heavy (non-hydrogen) atoms. The zero-order valence-electron chi connectivity index (χ0n) is 18.5. The molecule has 166 valence electrons. The summed E-state index contributed by atoms with van der Waals surface area (Å²) in [5.74, 6) is -2.55. The number of esters is 2. The summed E-state index contributed by atoms with van der Waals surface area (Å²) in [4.78, 5) is 26.1. The number of benzene rings is 3. The van der Waals surface area contributed by atoms with Crippen LogP contribution in [0.3, 0.4) is 0 Å². The van der Waals surface area contributed by atoms with Crippen molar-refractivity contribution in [3.8, 4) is 0 Å². The van der Waals surface area contributed by atoms with Crippen molar-refractivity contribution < 1.29 is 23.5 Å². The molecule has 0 aliphatic heterocycles. The van der Waals surface area contributed by atoms with Gasteiger partial charge in [0.15, 0.2) is 6.10 Å². The fourth-order valence-corrected chi connectivity index (χ4v) is 3.25. The van der Waals surface area contributed by atoms with Crippen molar-refractivity contribution in [2.75, 3.05) is 0 Å². The lowest BCUT2D eigenvalue weighted by molar-refractivity contribution is -0.183. The SMILES string of the molecule is CC(C)(C)OC(=O)C(F)(Cc1ccccc1)C(=O)OC(c1ccccc1)c1ccccc1. The van der Waals surface area contributed by atoms with Gasteiger partial charge in [0.2, 0.25) is 0 Å². The van der Waals surface area contributed by atoms with E-state index in [0.29, 0.717) is 16.7 Å². The fraction of sp³-hybridized carbons (Fsp3) is 0.259. The average molecular weight is 435 g/mol. The zero-order chi connectivity index (χ0) is 23.2. The molecule has 1 atom stereocenters. The van der Waals surface area contributed by atoms with Gasteiger partial charge in [-0.1, -0.05) is 91.0 Å². The first-order chi connectivity index (χ1) is 15.2. The Balaban J connectivity index is 1.97. The predicted molar refractivity (Wildman–Crippen MR) is 121 cm³/mol. The van der Waals surface area contributed by atoms with E-state index >= 15 is 4.39 Å². The second-order valence-electron chi connectivity index (χ2n) is 8.57. The number of rotatable bonds is 7. The van der Waals surface area contributed by atoms with E-state index in [2.05, 4.69) is 0 Å². The highest BCUT2D eigenvalue weighted by atomic mass is 19.1. The second-order valence-corrected chi connectivity index (χ2v) is 8.57. The summed E-state index contributed by atoms with van der Waals surface area (Å²) < 4.78 is 27.2. The van der Waals surface area contributed by atoms with Crippen molar-refractivity contribution in [3.05, 3.63) is 108 Å². The highest BCUT2D eigenvalue weighted by Gasteiger charge is 2.52. The lowest BCUT2D eigenvalue weighted by Crippen LogP contribution is -2.49. The molecule has 1 unspecified atom stereocenters. The van der Waals surface area contributed by atoms with E-state index < -0.39 is 35.7 Å². The zero-order valence-corrected chi connectivity index (χ0v) is 18.5. The van der Waals surface area contributed by atoms with Crippen LogP contribution in [0.5, 0.6) is 0 Å². The quantitative estimate of drug-likeness (QED) is 0.358. The highest BCUT2D eigenvalue weighted by Crippen LogP contribution is 2.31. The van der Waals surface area contributed by atoms with Gasteiger partial charge in [0.1, 0.15) is 5.60 Å². The van der Waals surface area contributed by atoms with Gasteiger partial charge in [0.05, 0.1) is 0 Å². The number of halogens is 1. The van der Waals surface area contributed by atoms with E-state index in [-0.39, 0.29) is 0 Å². The molecule has 0 amide bonds. The highest BCUT2D eigenvalue weighted by molar-refractivity contribution is 6.04. The number of ether oxygens (including phenoxy) is 2. The maximum Gasteiger partial charge on any atom is 0.357 e. The van der Waals surface area contributed by atoms with Crippen molar-refractivity contribution >= 4 is 11.9 Å². The van der Waals surface area contributed by atoms with Gasteiger partial charge in [-0.25, -0.2) is 14.0 Å². The molecule has 0 aliphatic rings. The number of carbonyl (C=O) groups excluding carboxylic acids is 2. The topological polar surface area (TPSA) is 52.6 Å². The van der Waals surface area contributed by atoms with Crippen LogP contribution in [0.2, 0.25) is 0 Å². The third kappa shape index (κ3) is 5.82. The predicted octanol–water partition coefficient (Wildman–Crippen LogP) is 5.61. The lowest BCUT2D eigenvalue weighted by Gasteiger charge is -2.29. The van der Waals surface area contributed by atoms with Gasteiger partial charge in [-0.05, 0) is 37.5 Å². The van der Waals surface area contributed by atoms with Crippen LogP contribution >= 0.6 is 0 Å². The Morgan fingerprint density at radius 3 is 1.62 bits per heavy atom. The van der Waals surface area contributed by atoms with Crippen LogP contribution in [0.15, 0.2) is 91.0 Å². The first-order valence-electron chi connectivity index (χ1n) is 10.5. The molecule has 0 saturated carbocycles. The summed E-state index contributed by atoms with van der Waals surface area (Å²) in [5.41, 5.74) is -2.16. The van der Waals surface area contributed by atoms with Gasteiger partial charge in [-0.15, -0.1) is 0 Å². The van der Waals surface area contributed by atoms with Crippen molar-refractivity contribution in [2.24, 2.45) is 0 Å². The van der Waals surface area contributed by atoms with E-state index in [4.69, 9.17) is 9.47 Å². The summed E-state index contributed by atoms with van der Waals surface area (Å²) in [7, 11) is 0. The Bertz CT molecular complexity index is 990. The molecule has 0 saturated heterocycles. The molecule has 4 nitrogen and oxygen atoms in total. The van der Waals surface area contributed by atoms with E-state index in [0.717, 1.165) is 0 Å². The molecular formula is C27H27FO4. The van der Waals surface area contributed by atoms with Crippen molar-refractivity contribution in [1.29, 1.82) is 0 Å². The summed E-state index contributed by atoms with van der Waals surface area (Å²) in [6.45, 7) is 4.86. The smallest absolute Gasteiger partial charge is 0.357 e. The van der Waals surface area contributed by atoms with E-state index in [1.54, 1.807) is 99.6 Å². The normalized spacial score (nSPS) is 13.3. The van der Waals surface area contributed by atoms with Gasteiger partial charge < -0.3 is 9.47 Å². The number of hydrogen-bond acceptors (Lipinski definition) is 4. The van der Waals surface area contributed by atoms with Crippen molar-refractivity contribution in [1.82, 2.24) is 0 Å². The average Bonchev–Trinajstić information content (AvgIpc) is 2.78. The Labute approximate surface area is 188 Å². The number of hydrogen-bond donors (Lipinski definition) is 0. The molecule has 0 heterocycles. The maximum atomic E-state index is 16.2. The van der Waals surface area contributed by atoms with Gasteiger partial charge in [-0.2, -0.15) is 0 Å². The Morgan fingerprint density at radius 1 is 0.750 bits per heavy atom. The molecule has 5 heteroatoms. The molecule has 0 bridgehead atoms. The molecule has 0 N–H and O–H groups in total. The minimum atomic E-state index is -3.00. The maximum absolute atomic E-state index is 16.2. The van der Waals surface area contributed by atoms with Crippen LogP contribution in [0.4, 0.5) is 4.39 Å². The molecule has 0 aliphatic carbocycles. The van der Waals surface area contributed by atoms with Gasteiger partial charge in [-0.3, -0.25) is 0 Å². The van der Waals surface area contributed by atoms with E-state index in [9.17, 15) is 9.59 Å². The fourth-order valence-electron chi connectivity index (χ4n) is 3.25. The molecule has 0 spiro atoms. The third-order valence-corrected chi connectivity index (χ3v) is 4.77. The molecular weight excluding hydrogens is 407 g/mol. The Morgan fingerprint density at radius 2 is 1.19 bits per heavy atom. The second kappa shape index (κ2) is 9.77. The van der Waals surface area contributed by atoms with Crippen LogP contribution in [0, 0.1) is 0 Å². The van der Waals surface area contributed by atoms with E-state index in [1.807, 2.05) is 12.1 Å². The standard InChI is InChI=1S/C27H27FO4/c1-26(2,3)32-25(30)27(28,19-20-13-7-4-8-14-20)24(29)31-23(21-15-9-5-10-16-21)22-17-11-6-12-18-22/h4-18,23H,19H2,1-3H3. The summed E-state index contributed by atoms with van der Waals surface area (Å²) in [6, 6.07) is 26.5. The van der Waals surface area contributed by atoms with Crippen LogP contribution in [-0.2, 0) is 25.5 Å². The minimum absolute atomic E-state index is 0.480. The minimum Gasteiger partial charge on any atom is -0.457 e. The van der Waals surface area contributed by atoms with Crippen LogP contribution in [0.1, 0.15) is 43.6 Å². The van der Waals surface area contributed by atoms with Crippen LogP contribution in [0.25, 0.3) is 0 Å². The molecule has 0 aromatic heterocycles. The van der Waals surface area contributed by atoms with Crippen LogP contribution in [-0.4, -0.2) is 23.2 Å². The largest absolute Gasteiger partial charge is 0.457 e. The number of carbonyl (C=O) groups is 2. The lowest BCUT2D eigenvalue weighted by atomic mass is 9.95. The van der Waals surface area contributed by atoms with Crippen LogP contribution < -0.4 is 0 Å². The third-order valence-electron chi connectivity index (χ3n) is 4.77. The molecule has 0 fully saturated rings. The molecule has 3 aromatic carbocycles. The monoisotopic (exact) mass is 434 g/mol. The molecule has 3 rings (SSSR count). The Kier molecular flexibility index (Phi) is 7.08. The van der Waals surface area contributed by atoms with Gasteiger partial charge in [0, 0.05) is 6.42 Å². The first kappa shape index (κ1) is 23.2. The van der Waals surface area contributed by atoms with E-state index in [1.165, 1.54) is 0 Å².